The van der Waals surface area contributed by atoms with E-state index in [1.54, 1.807) is 0 Å². The normalized spacial score (nSPS) is 20.2. The molecule has 2 saturated heterocycles. The van der Waals surface area contributed by atoms with Gasteiger partial charge in [0.2, 0.25) is 5.95 Å². The van der Waals surface area contributed by atoms with Crippen molar-refractivity contribution in [1.82, 2.24) is 15.0 Å². The highest BCUT2D eigenvalue weighted by molar-refractivity contribution is 6.33. The molecule has 3 aromatic rings. The van der Waals surface area contributed by atoms with Crippen molar-refractivity contribution in [2.24, 2.45) is 0 Å². The summed E-state index contributed by atoms with van der Waals surface area (Å²) in [5.41, 5.74) is 3.31. The fourth-order valence-electron chi connectivity index (χ4n) is 5.15. The molecular weight excluding hydrogens is 476 g/mol. The van der Waals surface area contributed by atoms with Gasteiger partial charge in [0.25, 0.3) is 0 Å². The van der Waals surface area contributed by atoms with Crippen molar-refractivity contribution in [2.45, 2.75) is 45.7 Å². The van der Waals surface area contributed by atoms with Crippen molar-refractivity contribution in [1.29, 1.82) is 0 Å². The van der Waals surface area contributed by atoms with Crippen LogP contribution in [0.5, 0.6) is 0 Å². The summed E-state index contributed by atoms with van der Waals surface area (Å²) in [5, 5.41) is 9.57. The minimum absolute atomic E-state index is 0.0868. The number of anilines is 3. The predicted molar refractivity (Wildman–Crippen MR) is 143 cm³/mol. The number of halogens is 1. The van der Waals surface area contributed by atoms with Gasteiger partial charge in [0, 0.05) is 56.1 Å². The molecule has 36 heavy (non-hydrogen) atoms. The van der Waals surface area contributed by atoms with Crippen LogP contribution in [0.3, 0.4) is 0 Å². The second-order valence-electron chi connectivity index (χ2n) is 9.79. The molecule has 2 aromatic heterocycles. The zero-order valence-corrected chi connectivity index (χ0v) is 21.6. The molecule has 0 radical (unpaired) electrons. The Labute approximate surface area is 216 Å². The highest BCUT2D eigenvalue weighted by Crippen LogP contribution is 2.32. The van der Waals surface area contributed by atoms with Crippen LogP contribution in [-0.2, 0) is 0 Å². The van der Waals surface area contributed by atoms with E-state index in [1.165, 1.54) is 17.8 Å². The van der Waals surface area contributed by atoms with Crippen molar-refractivity contribution in [3.63, 3.8) is 0 Å². The quantitative estimate of drug-likeness (QED) is 0.523. The summed E-state index contributed by atoms with van der Waals surface area (Å²) in [7, 11) is 0. The van der Waals surface area contributed by atoms with Gasteiger partial charge in [-0.15, -0.1) is 0 Å². The molecule has 1 aromatic carbocycles. The number of aryl methyl sites for hydroxylation is 1. The zero-order chi connectivity index (χ0) is 25.4. The third kappa shape index (κ3) is 4.82. The summed E-state index contributed by atoms with van der Waals surface area (Å²) in [6, 6.07) is 12.5. The summed E-state index contributed by atoms with van der Waals surface area (Å²) >= 11 is 6.41. The van der Waals surface area contributed by atoms with Gasteiger partial charge in [-0.1, -0.05) is 35.4 Å². The Hall–Kier alpha value is -3.39. The van der Waals surface area contributed by atoms with E-state index in [1.807, 2.05) is 0 Å². The van der Waals surface area contributed by atoms with Crippen molar-refractivity contribution < 1.29 is 9.90 Å². The largest absolute Gasteiger partial charge is 0.478 e. The van der Waals surface area contributed by atoms with Crippen LogP contribution in [0.4, 0.5) is 17.6 Å². The maximum Gasteiger partial charge on any atom is 0.337 e. The van der Waals surface area contributed by atoms with Crippen molar-refractivity contribution in [3.05, 3.63) is 58.7 Å². The molecule has 0 spiro atoms. The zero-order valence-electron chi connectivity index (χ0n) is 20.9. The van der Waals surface area contributed by atoms with E-state index < -0.39 is 5.97 Å². The Bertz CT molecular complexity index is 1280. The number of carboxylic acid groups (broad SMARTS) is 1. The average molecular weight is 507 g/mol. The van der Waals surface area contributed by atoms with E-state index in [9.17, 15) is 9.90 Å². The van der Waals surface area contributed by atoms with Crippen LogP contribution in [0.1, 0.15) is 42.6 Å². The molecule has 0 aliphatic carbocycles. The summed E-state index contributed by atoms with van der Waals surface area (Å²) in [5.74, 6) is 1.29. The number of hydrogen-bond acceptors (Lipinski definition) is 7. The van der Waals surface area contributed by atoms with Crippen LogP contribution in [0.25, 0.3) is 11.3 Å². The molecule has 2 aliphatic heterocycles. The smallest absolute Gasteiger partial charge is 0.337 e. The highest BCUT2D eigenvalue weighted by atomic mass is 35.5. The van der Waals surface area contributed by atoms with E-state index in [0.29, 0.717) is 30.0 Å². The molecule has 1 unspecified atom stereocenters. The predicted octanol–water partition coefficient (Wildman–Crippen LogP) is 4.90. The monoisotopic (exact) mass is 506 g/mol. The first-order chi connectivity index (χ1) is 17.3. The van der Waals surface area contributed by atoms with Gasteiger partial charge in [0.1, 0.15) is 11.6 Å². The summed E-state index contributed by atoms with van der Waals surface area (Å²) in [6.07, 6.45) is 3.66. The topological polar surface area (TPSA) is 85.7 Å². The van der Waals surface area contributed by atoms with Gasteiger partial charge in [-0.3, -0.25) is 0 Å². The van der Waals surface area contributed by atoms with Crippen molar-refractivity contribution in [2.75, 3.05) is 40.9 Å². The summed E-state index contributed by atoms with van der Waals surface area (Å²) < 4.78 is 0. The van der Waals surface area contributed by atoms with Crippen molar-refractivity contribution >= 4 is 35.2 Å². The Morgan fingerprint density at radius 3 is 2.56 bits per heavy atom. The molecule has 2 fully saturated rings. The van der Waals surface area contributed by atoms with Gasteiger partial charge in [-0.25, -0.2) is 14.8 Å². The van der Waals surface area contributed by atoms with Crippen LogP contribution in [-0.4, -0.2) is 64.3 Å². The first-order valence-corrected chi connectivity index (χ1v) is 12.8. The lowest BCUT2D eigenvalue weighted by atomic mass is 10.1. The molecular formula is C27H31ClN6O2. The van der Waals surface area contributed by atoms with E-state index in [-0.39, 0.29) is 11.6 Å². The first kappa shape index (κ1) is 24.3. The van der Waals surface area contributed by atoms with Gasteiger partial charge in [0.05, 0.1) is 16.3 Å². The fourth-order valence-corrected chi connectivity index (χ4v) is 5.44. The van der Waals surface area contributed by atoms with Crippen molar-refractivity contribution in [3.8, 4) is 11.3 Å². The summed E-state index contributed by atoms with van der Waals surface area (Å²) in [4.78, 5) is 32.4. The Kier molecular flexibility index (Phi) is 6.71. The standard InChI is InChI=1S/C27H31ClN6O2/c1-17-6-4-8-20(12-17)23-14-24(31-27(30-23)34-9-5-7-18(34)2)33-11-10-32(16-19(33)3)25-22(28)13-21(15-29-25)26(35)36/h4,6,8,12-15,18-19H,5,7,9-11,16H2,1-3H3,(H,35,36)/t18?,19-/m1/s1. The maximum atomic E-state index is 11.2. The minimum Gasteiger partial charge on any atom is -0.478 e. The summed E-state index contributed by atoms with van der Waals surface area (Å²) in [6.45, 7) is 9.60. The maximum absolute atomic E-state index is 11.2. The molecule has 1 N–H and O–H groups in total. The number of pyridine rings is 1. The molecule has 2 atom stereocenters. The number of benzene rings is 1. The van der Waals surface area contributed by atoms with Crippen LogP contribution in [0, 0.1) is 6.92 Å². The number of aromatic nitrogens is 3. The highest BCUT2D eigenvalue weighted by Gasteiger charge is 2.29. The van der Waals surface area contributed by atoms with E-state index >= 15 is 0 Å². The number of rotatable bonds is 5. The van der Waals surface area contributed by atoms with Gasteiger partial charge in [-0.2, -0.15) is 4.98 Å². The van der Waals surface area contributed by atoms with E-state index in [2.05, 4.69) is 70.8 Å². The molecule has 2 aliphatic rings. The van der Waals surface area contributed by atoms with Gasteiger partial charge < -0.3 is 19.8 Å². The lowest BCUT2D eigenvalue weighted by Crippen LogP contribution is -2.52. The lowest BCUT2D eigenvalue weighted by Gasteiger charge is -2.41. The molecule has 9 heteroatoms. The molecule has 5 rings (SSSR count). The number of aromatic carboxylic acids is 1. The van der Waals surface area contributed by atoms with Gasteiger partial charge in [-0.05, 0) is 45.7 Å². The van der Waals surface area contributed by atoms with Gasteiger partial charge in [0.15, 0.2) is 0 Å². The number of nitrogens with zero attached hydrogens (tertiary/aromatic N) is 6. The van der Waals surface area contributed by atoms with Gasteiger partial charge >= 0.3 is 5.97 Å². The second kappa shape index (κ2) is 9.93. The SMILES string of the molecule is Cc1cccc(-c2cc(N3CCN(c4ncc(C(=O)O)cc4Cl)C[C@H]3C)nc(N3CCCC3C)n2)c1. The average Bonchev–Trinajstić information content (AvgIpc) is 3.29. The number of carboxylic acids is 1. The second-order valence-corrected chi connectivity index (χ2v) is 10.2. The van der Waals surface area contributed by atoms with Crippen LogP contribution >= 0.6 is 11.6 Å². The Morgan fingerprint density at radius 1 is 1.06 bits per heavy atom. The molecule has 0 amide bonds. The number of piperazine rings is 1. The first-order valence-electron chi connectivity index (χ1n) is 12.4. The third-order valence-electron chi connectivity index (χ3n) is 7.11. The lowest BCUT2D eigenvalue weighted by molar-refractivity contribution is 0.0696. The van der Waals surface area contributed by atoms with Crippen LogP contribution in [0.2, 0.25) is 5.02 Å². The fraction of sp³-hybridized carbons (Fsp3) is 0.407. The molecule has 8 nitrogen and oxygen atoms in total. The molecule has 0 bridgehead atoms. The molecule has 4 heterocycles. The molecule has 0 saturated carbocycles. The van der Waals surface area contributed by atoms with E-state index in [4.69, 9.17) is 21.6 Å². The van der Waals surface area contributed by atoms with Crippen LogP contribution in [0.15, 0.2) is 42.6 Å². The Balaban J connectivity index is 1.45. The molecule has 188 valence electrons. The van der Waals surface area contributed by atoms with Crippen LogP contribution < -0.4 is 14.7 Å². The minimum atomic E-state index is -1.04. The Morgan fingerprint density at radius 2 is 1.89 bits per heavy atom. The number of carbonyl (C=O) groups is 1. The van der Waals surface area contributed by atoms with E-state index in [0.717, 1.165) is 49.0 Å². The third-order valence-corrected chi connectivity index (χ3v) is 7.39. The number of hydrogen-bond donors (Lipinski definition) is 1.